The molecule has 2 aromatic rings. The van der Waals surface area contributed by atoms with E-state index >= 15 is 0 Å². The van der Waals surface area contributed by atoms with Crippen LogP contribution in [0.25, 0.3) is 0 Å². The van der Waals surface area contributed by atoms with E-state index in [0.29, 0.717) is 53.8 Å². The molecule has 32 heavy (non-hydrogen) atoms. The second-order valence-corrected chi connectivity index (χ2v) is 8.99. The zero-order valence-corrected chi connectivity index (χ0v) is 19.1. The lowest BCUT2D eigenvalue weighted by molar-refractivity contribution is -0.119. The molecule has 3 rings (SSSR count). The third-order valence-electron chi connectivity index (χ3n) is 6.47. The number of nitrogens with zero attached hydrogens (tertiary/aromatic N) is 1. The molecule has 0 radical (unpaired) electrons. The number of aliphatic hydroxyl groups is 1. The second-order valence-electron chi connectivity index (χ2n) is 8.99. The summed E-state index contributed by atoms with van der Waals surface area (Å²) < 4.78 is 15.1. The number of aryl methyl sites for hydroxylation is 1. The lowest BCUT2D eigenvalue weighted by Gasteiger charge is -2.36. The van der Waals surface area contributed by atoms with Gasteiger partial charge in [0.2, 0.25) is 0 Å². The van der Waals surface area contributed by atoms with Crippen molar-refractivity contribution in [3.63, 3.8) is 0 Å². The fraction of sp³-hybridized carbons (Fsp3) is 0.458. The van der Waals surface area contributed by atoms with Gasteiger partial charge in [0.15, 0.2) is 0 Å². The summed E-state index contributed by atoms with van der Waals surface area (Å²) in [5.74, 6) is -2.24. The number of carbonyl (C=O) groups is 3. The summed E-state index contributed by atoms with van der Waals surface area (Å²) in [6, 6.07) is 4.27. The number of benzene rings is 1. The number of ketones is 1. The molecule has 1 aromatic carbocycles. The van der Waals surface area contributed by atoms with Gasteiger partial charge in [-0.05, 0) is 82.7 Å². The van der Waals surface area contributed by atoms with Crippen LogP contribution < -0.4 is 10.6 Å². The van der Waals surface area contributed by atoms with Gasteiger partial charge in [-0.1, -0.05) is 0 Å². The first-order chi connectivity index (χ1) is 14.9. The molecule has 3 N–H and O–H groups in total. The van der Waals surface area contributed by atoms with Gasteiger partial charge in [-0.2, -0.15) is 0 Å². The molecule has 0 saturated heterocycles. The number of carbonyl (C=O) groups excluding carboxylic acids is 3. The fourth-order valence-electron chi connectivity index (χ4n) is 4.35. The van der Waals surface area contributed by atoms with Crippen LogP contribution in [0.3, 0.4) is 0 Å². The lowest BCUT2D eigenvalue weighted by Crippen LogP contribution is -2.51. The van der Waals surface area contributed by atoms with Crippen LogP contribution in [-0.4, -0.2) is 38.9 Å². The number of anilines is 1. The molecule has 7 nitrogen and oxygen atoms in total. The largest absolute Gasteiger partial charge is 0.393 e. The highest BCUT2D eigenvalue weighted by atomic mass is 19.1. The Bertz CT molecular complexity index is 1080. The minimum absolute atomic E-state index is 0.153. The Morgan fingerprint density at radius 3 is 2.38 bits per heavy atom. The van der Waals surface area contributed by atoms with E-state index in [9.17, 15) is 23.9 Å². The van der Waals surface area contributed by atoms with Crippen LogP contribution in [0, 0.1) is 26.6 Å². The predicted molar refractivity (Wildman–Crippen MR) is 119 cm³/mol. The van der Waals surface area contributed by atoms with E-state index in [2.05, 4.69) is 10.6 Å². The molecule has 1 aromatic heterocycles. The van der Waals surface area contributed by atoms with Crippen LogP contribution in [-0.2, 0) is 11.8 Å². The van der Waals surface area contributed by atoms with E-state index in [1.165, 1.54) is 18.2 Å². The first-order valence-corrected chi connectivity index (χ1v) is 10.7. The third kappa shape index (κ3) is 4.60. The Balaban J connectivity index is 1.83. The molecule has 1 aliphatic carbocycles. The number of amides is 2. The molecule has 0 spiro atoms. The van der Waals surface area contributed by atoms with Crippen molar-refractivity contribution in [3.05, 3.63) is 52.1 Å². The number of rotatable bonds is 5. The standard InChI is InChI=1S/C24H30FN3O4/c1-13-12-16(6-7-18(13)25)26-22(31)19-14(2)20(28(5)15(19)3)21(30)23(32)27-24(4)10-8-17(29)9-11-24/h6-7,12,17,29H,8-11H2,1-5H3,(H,26,31)(H,27,32)/t17-,24-. The Hall–Kier alpha value is -3.00. The molecule has 2 amide bonds. The van der Waals surface area contributed by atoms with Crippen molar-refractivity contribution >= 4 is 23.3 Å². The van der Waals surface area contributed by atoms with E-state index < -0.39 is 23.1 Å². The molecule has 1 aliphatic rings. The molecule has 1 saturated carbocycles. The van der Waals surface area contributed by atoms with Crippen LogP contribution in [0.4, 0.5) is 10.1 Å². The van der Waals surface area contributed by atoms with Gasteiger partial charge in [0.1, 0.15) is 5.82 Å². The van der Waals surface area contributed by atoms with Gasteiger partial charge in [-0.3, -0.25) is 14.4 Å². The van der Waals surface area contributed by atoms with Gasteiger partial charge in [0, 0.05) is 24.0 Å². The monoisotopic (exact) mass is 443 g/mol. The molecular formula is C24H30FN3O4. The van der Waals surface area contributed by atoms with Crippen LogP contribution in [0.15, 0.2) is 18.2 Å². The molecular weight excluding hydrogens is 413 g/mol. The number of hydrogen-bond donors (Lipinski definition) is 3. The number of aliphatic hydroxyl groups excluding tert-OH is 1. The molecule has 0 aliphatic heterocycles. The van der Waals surface area contributed by atoms with E-state index in [4.69, 9.17) is 0 Å². The zero-order valence-electron chi connectivity index (χ0n) is 19.1. The van der Waals surface area contributed by atoms with Crippen molar-refractivity contribution in [3.8, 4) is 0 Å². The molecule has 0 unspecified atom stereocenters. The number of halogens is 1. The van der Waals surface area contributed by atoms with Gasteiger partial charge >= 0.3 is 0 Å². The summed E-state index contributed by atoms with van der Waals surface area (Å²) in [6.45, 7) is 6.82. The third-order valence-corrected chi connectivity index (χ3v) is 6.47. The Kier molecular flexibility index (Phi) is 6.55. The van der Waals surface area contributed by atoms with Crippen molar-refractivity contribution in [1.82, 2.24) is 9.88 Å². The highest BCUT2D eigenvalue weighted by molar-refractivity contribution is 6.43. The topological polar surface area (TPSA) is 100 Å². The van der Waals surface area contributed by atoms with E-state index in [1.54, 1.807) is 32.4 Å². The van der Waals surface area contributed by atoms with Crippen molar-refractivity contribution in [2.75, 3.05) is 5.32 Å². The summed E-state index contributed by atoms with van der Waals surface area (Å²) in [5.41, 5.74) is 1.70. The maximum Gasteiger partial charge on any atom is 0.294 e. The van der Waals surface area contributed by atoms with Crippen LogP contribution in [0.5, 0.6) is 0 Å². The van der Waals surface area contributed by atoms with Crippen molar-refractivity contribution in [1.29, 1.82) is 0 Å². The molecule has 8 heteroatoms. The first kappa shape index (κ1) is 23.7. The van der Waals surface area contributed by atoms with Gasteiger partial charge < -0.3 is 20.3 Å². The highest BCUT2D eigenvalue weighted by Gasteiger charge is 2.35. The van der Waals surface area contributed by atoms with Crippen LogP contribution in [0.1, 0.15) is 70.3 Å². The van der Waals surface area contributed by atoms with Crippen molar-refractivity contribution in [2.24, 2.45) is 7.05 Å². The minimum Gasteiger partial charge on any atom is -0.393 e. The summed E-state index contributed by atoms with van der Waals surface area (Å²) in [5, 5.41) is 15.3. The van der Waals surface area contributed by atoms with Crippen LogP contribution in [0.2, 0.25) is 0 Å². The highest BCUT2D eigenvalue weighted by Crippen LogP contribution is 2.29. The predicted octanol–water partition coefficient (Wildman–Crippen LogP) is 3.33. The quantitative estimate of drug-likeness (QED) is 0.487. The summed E-state index contributed by atoms with van der Waals surface area (Å²) in [6.07, 6.45) is 1.94. The van der Waals surface area contributed by atoms with Crippen LogP contribution >= 0.6 is 0 Å². The molecule has 1 heterocycles. The maximum absolute atomic E-state index is 13.5. The summed E-state index contributed by atoms with van der Waals surface area (Å²) >= 11 is 0. The van der Waals surface area contributed by atoms with E-state index in [0.717, 1.165) is 0 Å². The molecule has 0 atom stereocenters. The van der Waals surface area contributed by atoms with Crippen molar-refractivity contribution < 1.29 is 23.9 Å². The maximum atomic E-state index is 13.5. The second kappa shape index (κ2) is 8.86. The summed E-state index contributed by atoms with van der Waals surface area (Å²) in [4.78, 5) is 38.8. The average Bonchev–Trinajstić information content (AvgIpc) is 2.95. The molecule has 1 fully saturated rings. The average molecular weight is 444 g/mol. The Morgan fingerprint density at radius 2 is 1.78 bits per heavy atom. The fourth-order valence-corrected chi connectivity index (χ4v) is 4.35. The number of aromatic nitrogens is 1. The SMILES string of the molecule is Cc1cc(NC(=O)c2c(C)c(C(=O)C(=O)N[C@]3(C)CC[C@@H](O)CC3)n(C)c2C)ccc1F. The smallest absolute Gasteiger partial charge is 0.294 e. The Morgan fingerprint density at radius 1 is 1.16 bits per heavy atom. The van der Waals surface area contributed by atoms with Gasteiger partial charge in [0.05, 0.1) is 17.4 Å². The minimum atomic E-state index is -0.728. The normalized spacial score (nSPS) is 20.7. The van der Waals surface area contributed by atoms with Gasteiger partial charge in [-0.15, -0.1) is 0 Å². The first-order valence-electron chi connectivity index (χ1n) is 10.7. The number of nitrogens with one attached hydrogen (secondary N) is 2. The number of hydrogen-bond acceptors (Lipinski definition) is 4. The molecule has 172 valence electrons. The van der Waals surface area contributed by atoms with Gasteiger partial charge in [-0.25, -0.2) is 4.39 Å². The molecule has 0 bridgehead atoms. The Labute approximate surface area is 187 Å². The van der Waals surface area contributed by atoms with Crippen molar-refractivity contribution in [2.45, 2.75) is 65.0 Å². The van der Waals surface area contributed by atoms with E-state index in [-0.39, 0.29) is 17.6 Å². The zero-order chi connectivity index (χ0) is 23.8. The lowest BCUT2D eigenvalue weighted by atomic mass is 9.82. The number of Topliss-reactive ketones (excluding diaryl/α,β-unsaturated/α-hetero) is 1. The summed E-state index contributed by atoms with van der Waals surface area (Å²) in [7, 11) is 1.64. The van der Waals surface area contributed by atoms with E-state index in [1.807, 2.05) is 6.92 Å². The van der Waals surface area contributed by atoms with Gasteiger partial charge in [0.25, 0.3) is 17.6 Å².